The number of anilines is 3. The molecular formula is C31H46N8O5. The molecule has 0 saturated carbocycles. The maximum Gasteiger partial charge on any atom is 0.319 e. The quantitative estimate of drug-likeness (QED) is 0.266. The van der Waals surface area contributed by atoms with E-state index in [1.807, 2.05) is 19.1 Å². The van der Waals surface area contributed by atoms with E-state index in [0.717, 1.165) is 74.8 Å². The molecule has 0 aromatic carbocycles. The van der Waals surface area contributed by atoms with E-state index in [9.17, 15) is 0 Å². The molecule has 2 aliphatic heterocycles. The topological polar surface area (TPSA) is 120 Å². The zero-order chi connectivity index (χ0) is 30.9. The average Bonchev–Trinajstić information content (AvgIpc) is 3.07. The Morgan fingerprint density at radius 1 is 0.773 bits per heavy atom. The summed E-state index contributed by atoms with van der Waals surface area (Å²) in [5.41, 5.74) is 3.33. The third-order valence-corrected chi connectivity index (χ3v) is 8.37. The number of pyridine rings is 1. The Labute approximate surface area is 259 Å². The Bertz CT molecular complexity index is 1340. The lowest BCUT2D eigenvalue weighted by molar-refractivity contribution is 0.0816. The van der Waals surface area contributed by atoms with Gasteiger partial charge in [0.15, 0.2) is 11.6 Å². The van der Waals surface area contributed by atoms with Gasteiger partial charge >= 0.3 is 6.01 Å². The molecule has 0 unspecified atom stereocenters. The molecule has 5 rings (SSSR count). The first-order chi connectivity index (χ1) is 21.5. The molecule has 44 heavy (non-hydrogen) atoms. The van der Waals surface area contributed by atoms with Crippen molar-refractivity contribution in [3.8, 4) is 6.01 Å². The average molecular weight is 611 g/mol. The third-order valence-electron chi connectivity index (χ3n) is 8.37. The second kappa shape index (κ2) is 15.6. The van der Waals surface area contributed by atoms with E-state index in [-0.39, 0.29) is 12.2 Å². The van der Waals surface area contributed by atoms with Gasteiger partial charge in [-0.3, -0.25) is 4.98 Å². The van der Waals surface area contributed by atoms with Crippen LogP contribution in [0.2, 0.25) is 0 Å². The van der Waals surface area contributed by atoms with Crippen LogP contribution in [-0.2, 0) is 25.6 Å². The smallest absolute Gasteiger partial charge is 0.319 e. The van der Waals surface area contributed by atoms with Crippen LogP contribution in [0.4, 0.5) is 17.6 Å². The van der Waals surface area contributed by atoms with E-state index in [2.05, 4.69) is 19.7 Å². The van der Waals surface area contributed by atoms with Crippen molar-refractivity contribution in [3.05, 3.63) is 29.6 Å². The molecule has 0 amide bonds. The SMILES string of the molecule is COCCN(CCOC)c1nc(N2CCC(OC)CC2)c2nc(OCc3ccnc(C)c3)nc(N3CCC(OC)CC3)c2n1. The van der Waals surface area contributed by atoms with Crippen LogP contribution in [0.15, 0.2) is 18.3 Å². The van der Waals surface area contributed by atoms with Gasteiger partial charge in [0.1, 0.15) is 17.6 Å². The molecule has 2 saturated heterocycles. The van der Waals surface area contributed by atoms with Gasteiger partial charge < -0.3 is 38.4 Å². The monoisotopic (exact) mass is 610 g/mol. The predicted octanol–water partition coefficient (Wildman–Crippen LogP) is 3.03. The van der Waals surface area contributed by atoms with Crippen LogP contribution in [0.5, 0.6) is 6.01 Å². The van der Waals surface area contributed by atoms with Gasteiger partial charge in [-0.05, 0) is 50.3 Å². The largest absolute Gasteiger partial charge is 0.459 e. The van der Waals surface area contributed by atoms with E-state index >= 15 is 0 Å². The number of methoxy groups -OCH3 is 4. The maximum absolute atomic E-state index is 6.25. The Hall–Kier alpha value is -3.39. The fourth-order valence-corrected chi connectivity index (χ4v) is 5.76. The first kappa shape index (κ1) is 32.0. The fourth-order valence-electron chi connectivity index (χ4n) is 5.76. The summed E-state index contributed by atoms with van der Waals surface area (Å²) in [4.78, 5) is 31.2. The Balaban J connectivity index is 1.61. The molecule has 0 atom stereocenters. The lowest BCUT2D eigenvalue weighted by Gasteiger charge is -2.34. The number of piperidine rings is 2. The van der Waals surface area contributed by atoms with Crippen molar-refractivity contribution >= 4 is 28.6 Å². The zero-order valence-electron chi connectivity index (χ0n) is 26.7. The molecule has 0 N–H and O–H groups in total. The minimum atomic E-state index is 0.228. The highest BCUT2D eigenvalue weighted by Gasteiger charge is 2.29. The highest BCUT2D eigenvalue weighted by Crippen LogP contribution is 2.35. The molecule has 0 radical (unpaired) electrons. The predicted molar refractivity (Wildman–Crippen MR) is 169 cm³/mol. The van der Waals surface area contributed by atoms with Crippen LogP contribution in [0.3, 0.4) is 0 Å². The highest BCUT2D eigenvalue weighted by molar-refractivity contribution is 5.94. The fraction of sp³-hybridized carbons (Fsp3) is 0.645. The molecule has 3 aromatic heterocycles. The summed E-state index contributed by atoms with van der Waals surface area (Å²) in [5, 5.41) is 0. The van der Waals surface area contributed by atoms with Crippen molar-refractivity contribution < 1.29 is 23.7 Å². The summed E-state index contributed by atoms with van der Waals surface area (Å²) in [6.45, 7) is 7.79. The number of hydrogen-bond acceptors (Lipinski definition) is 13. The minimum absolute atomic E-state index is 0.228. The van der Waals surface area contributed by atoms with Gasteiger partial charge in [0.05, 0.1) is 25.4 Å². The summed E-state index contributed by atoms with van der Waals surface area (Å²) in [7, 11) is 6.96. The molecule has 0 aliphatic carbocycles. The summed E-state index contributed by atoms with van der Waals surface area (Å²) in [6.07, 6.45) is 5.86. The number of fused-ring (bicyclic) bond motifs is 1. The molecule has 240 valence electrons. The molecule has 13 heteroatoms. The number of rotatable bonds is 14. The Kier molecular flexibility index (Phi) is 11.3. The first-order valence-electron chi connectivity index (χ1n) is 15.4. The van der Waals surface area contributed by atoms with E-state index in [1.54, 1.807) is 34.6 Å². The number of aryl methyl sites for hydroxylation is 1. The van der Waals surface area contributed by atoms with Gasteiger partial charge in [-0.25, -0.2) is 4.98 Å². The summed E-state index contributed by atoms with van der Waals surface area (Å²) < 4.78 is 28.4. The number of nitrogens with zero attached hydrogens (tertiary/aromatic N) is 8. The molecule has 2 aliphatic rings. The minimum Gasteiger partial charge on any atom is -0.459 e. The standard InChI is InChI=1S/C31H46N8O5/c1-22-20-23(6-11-32-22)21-44-31-34-27-26(29(36-31)38-14-9-25(43-5)10-15-38)33-30(39(16-18-40-2)17-19-41-3)35-28(27)37-12-7-24(42-4)8-13-37/h6,11,20,24-25H,7-10,12-19,21H2,1-5H3. The van der Waals surface area contributed by atoms with Crippen LogP contribution < -0.4 is 19.4 Å². The van der Waals surface area contributed by atoms with Crippen molar-refractivity contribution in [1.82, 2.24) is 24.9 Å². The van der Waals surface area contributed by atoms with Crippen LogP contribution in [-0.4, -0.2) is 118 Å². The molecule has 0 bridgehead atoms. The van der Waals surface area contributed by atoms with Crippen molar-refractivity contribution in [3.63, 3.8) is 0 Å². The summed E-state index contributed by atoms with van der Waals surface area (Å²) in [5.74, 6) is 2.13. The van der Waals surface area contributed by atoms with E-state index in [4.69, 9.17) is 43.6 Å². The molecule has 5 heterocycles. The van der Waals surface area contributed by atoms with Crippen molar-refractivity contribution in [2.24, 2.45) is 0 Å². The van der Waals surface area contributed by atoms with Gasteiger partial charge in [-0.2, -0.15) is 15.0 Å². The van der Waals surface area contributed by atoms with Gasteiger partial charge in [-0.1, -0.05) is 0 Å². The van der Waals surface area contributed by atoms with Gasteiger partial charge in [0, 0.05) is 79.6 Å². The maximum atomic E-state index is 6.25. The lowest BCUT2D eigenvalue weighted by Crippen LogP contribution is -2.39. The van der Waals surface area contributed by atoms with Gasteiger partial charge in [-0.15, -0.1) is 0 Å². The Morgan fingerprint density at radius 2 is 1.34 bits per heavy atom. The van der Waals surface area contributed by atoms with Gasteiger partial charge in [0.2, 0.25) is 5.95 Å². The molecule has 0 spiro atoms. The number of ether oxygens (including phenoxy) is 5. The van der Waals surface area contributed by atoms with E-state index in [0.29, 0.717) is 55.9 Å². The van der Waals surface area contributed by atoms with E-state index in [1.165, 1.54) is 0 Å². The normalized spacial score (nSPS) is 16.6. The second-order valence-electron chi connectivity index (χ2n) is 11.3. The third kappa shape index (κ3) is 7.81. The van der Waals surface area contributed by atoms with E-state index < -0.39 is 0 Å². The molecular weight excluding hydrogens is 564 g/mol. The lowest BCUT2D eigenvalue weighted by atomic mass is 10.1. The Morgan fingerprint density at radius 3 is 1.89 bits per heavy atom. The van der Waals surface area contributed by atoms with Crippen molar-refractivity contribution in [2.45, 2.75) is 51.4 Å². The summed E-state index contributed by atoms with van der Waals surface area (Å²) >= 11 is 0. The van der Waals surface area contributed by atoms with Gasteiger partial charge in [0.25, 0.3) is 0 Å². The van der Waals surface area contributed by atoms with Crippen molar-refractivity contribution in [1.29, 1.82) is 0 Å². The number of hydrogen-bond donors (Lipinski definition) is 0. The highest BCUT2D eigenvalue weighted by atomic mass is 16.5. The molecule has 3 aromatic rings. The van der Waals surface area contributed by atoms with Crippen molar-refractivity contribution in [2.75, 3.05) is 95.6 Å². The second-order valence-corrected chi connectivity index (χ2v) is 11.3. The number of aromatic nitrogens is 5. The van der Waals surface area contributed by atoms with Crippen LogP contribution in [0.1, 0.15) is 36.9 Å². The molecule has 2 fully saturated rings. The van der Waals surface area contributed by atoms with Crippen LogP contribution in [0.25, 0.3) is 11.0 Å². The summed E-state index contributed by atoms with van der Waals surface area (Å²) in [6, 6.07) is 4.25. The molecule has 13 nitrogen and oxygen atoms in total. The zero-order valence-corrected chi connectivity index (χ0v) is 26.7. The van der Waals surface area contributed by atoms with Crippen LogP contribution in [0, 0.1) is 6.92 Å². The first-order valence-corrected chi connectivity index (χ1v) is 15.4. The van der Waals surface area contributed by atoms with Crippen LogP contribution >= 0.6 is 0 Å².